The summed E-state index contributed by atoms with van der Waals surface area (Å²) in [5.74, 6) is 0. The molecule has 1 aromatic carbocycles. The van der Waals surface area contributed by atoms with Gasteiger partial charge in [-0.1, -0.05) is 24.3 Å². The molecule has 0 aliphatic heterocycles. The number of hydrogen-bond acceptors (Lipinski definition) is 1. The number of H-pyrrole nitrogens is 1. The Balaban J connectivity index is 1.74. The first kappa shape index (κ1) is 11.0. The topological polar surface area (TPSA) is 27.8 Å². The van der Waals surface area contributed by atoms with E-state index in [0.717, 1.165) is 19.5 Å². The molecule has 0 unspecified atom stereocenters. The first-order valence-electron chi connectivity index (χ1n) is 5.74. The maximum Gasteiger partial charge on any atom is 0.0357 e. The Morgan fingerprint density at radius 1 is 1.12 bits per heavy atom. The minimum absolute atomic E-state index is 0.916. The summed E-state index contributed by atoms with van der Waals surface area (Å²) < 4.78 is 0. The fourth-order valence-corrected chi connectivity index (χ4v) is 1.81. The second-order valence-electron chi connectivity index (χ2n) is 4.05. The number of benzene rings is 1. The zero-order valence-corrected chi connectivity index (χ0v) is 9.66. The van der Waals surface area contributed by atoms with Crippen LogP contribution in [-0.4, -0.2) is 11.5 Å². The van der Waals surface area contributed by atoms with Gasteiger partial charge in [0, 0.05) is 18.4 Å². The van der Waals surface area contributed by atoms with E-state index in [4.69, 9.17) is 0 Å². The largest absolute Gasteiger partial charge is 0.364 e. The lowest BCUT2D eigenvalue weighted by atomic mass is 10.1. The van der Waals surface area contributed by atoms with Gasteiger partial charge in [-0.05, 0) is 43.1 Å². The van der Waals surface area contributed by atoms with E-state index < -0.39 is 0 Å². The molecule has 1 aromatic heterocycles. The van der Waals surface area contributed by atoms with Crippen molar-refractivity contribution in [1.82, 2.24) is 10.3 Å². The van der Waals surface area contributed by atoms with Crippen molar-refractivity contribution in [3.63, 3.8) is 0 Å². The molecule has 0 bridgehead atoms. The van der Waals surface area contributed by atoms with Crippen molar-refractivity contribution in [1.29, 1.82) is 0 Å². The Morgan fingerprint density at radius 3 is 2.75 bits per heavy atom. The van der Waals surface area contributed by atoms with Gasteiger partial charge in [-0.2, -0.15) is 0 Å². The summed E-state index contributed by atoms with van der Waals surface area (Å²) in [6.07, 6.45) is 3.05. The van der Waals surface area contributed by atoms with Crippen LogP contribution in [0.2, 0.25) is 0 Å². The van der Waals surface area contributed by atoms with Crippen LogP contribution in [0.5, 0.6) is 0 Å². The average molecular weight is 214 g/mol. The zero-order chi connectivity index (χ0) is 11.2. The fraction of sp³-hybridized carbons (Fsp3) is 0.286. The van der Waals surface area contributed by atoms with Gasteiger partial charge in [-0.3, -0.25) is 0 Å². The molecule has 0 aliphatic rings. The number of hydrogen-bond donors (Lipinski definition) is 2. The van der Waals surface area contributed by atoms with E-state index in [1.165, 1.54) is 16.8 Å². The van der Waals surface area contributed by atoms with Gasteiger partial charge in [0.2, 0.25) is 0 Å². The fourth-order valence-electron chi connectivity index (χ4n) is 1.81. The number of aryl methyl sites for hydroxylation is 1. The lowest BCUT2D eigenvalue weighted by molar-refractivity contribution is 0.676. The van der Waals surface area contributed by atoms with Gasteiger partial charge in [0.05, 0.1) is 0 Å². The molecule has 0 fully saturated rings. The molecule has 16 heavy (non-hydrogen) atoms. The van der Waals surface area contributed by atoms with Gasteiger partial charge < -0.3 is 10.3 Å². The molecule has 0 aliphatic carbocycles. The predicted octanol–water partition coefficient (Wildman–Crippen LogP) is 2.66. The van der Waals surface area contributed by atoms with Crippen LogP contribution in [0.15, 0.2) is 42.6 Å². The molecule has 2 nitrogen and oxygen atoms in total. The van der Waals surface area contributed by atoms with E-state index in [0.29, 0.717) is 0 Å². The van der Waals surface area contributed by atoms with Gasteiger partial charge in [0.25, 0.3) is 0 Å². The molecule has 2 rings (SSSR count). The second kappa shape index (κ2) is 5.52. The molecule has 2 N–H and O–H groups in total. The Hall–Kier alpha value is -1.54. The van der Waals surface area contributed by atoms with Crippen LogP contribution in [0, 0.1) is 6.92 Å². The van der Waals surface area contributed by atoms with Crippen LogP contribution in [0.25, 0.3) is 0 Å². The summed E-state index contributed by atoms with van der Waals surface area (Å²) >= 11 is 0. The lowest BCUT2D eigenvalue weighted by Crippen LogP contribution is -2.17. The summed E-state index contributed by atoms with van der Waals surface area (Å²) in [6.45, 7) is 4.10. The highest BCUT2D eigenvalue weighted by Crippen LogP contribution is 2.06. The predicted molar refractivity (Wildman–Crippen MR) is 67.4 cm³/mol. The lowest BCUT2D eigenvalue weighted by Gasteiger charge is -2.06. The van der Waals surface area contributed by atoms with Crippen LogP contribution in [0.1, 0.15) is 16.8 Å². The van der Waals surface area contributed by atoms with Crippen molar-refractivity contribution in [2.75, 3.05) is 6.54 Å². The Morgan fingerprint density at radius 2 is 2.00 bits per heavy atom. The van der Waals surface area contributed by atoms with Gasteiger partial charge in [-0.15, -0.1) is 0 Å². The van der Waals surface area contributed by atoms with E-state index >= 15 is 0 Å². The highest BCUT2D eigenvalue weighted by molar-refractivity contribution is 5.25. The number of aromatic nitrogens is 1. The molecule has 1 heterocycles. The number of rotatable bonds is 5. The standard InChI is InChI=1S/C14H18N2/c1-12-5-2-3-6-13(12)8-10-15-11-14-7-4-9-16-14/h2-7,9,15-16H,8,10-11H2,1H3. The molecule has 2 heteroatoms. The van der Waals surface area contributed by atoms with Gasteiger partial charge >= 0.3 is 0 Å². The summed E-state index contributed by atoms with van der Waals surface area (Å²) in [5.41, 5.74) is 4.05. The van der Waals surface area contributed by atoms with Crippen molar-refractivity contribution in [3.05, 3.63) is 59.4 Å². The minimum Gasteiger partial charge on any atom is -0.364 e. The third kappa shape index (κ3) is 2.97. The van der Waals surface area contributed by atoms with Crippen LogP contribution in [0.4, 0.5) is 0 Å². The van der Waals surface area contributed by atoms with E-state index in [-0.39, 0.29) is 0 Å². The van der Waals surface area contributed by atoms with Gasteiger partial charge in [0.1, 0.15) is 0 Å². The first-order valence-corrected chi connectivity index (χ1v) is 5.74. The number of nitrogens with one attached hydrogen (secondary N) is 2. The Kier molecular flexibility index (Phi) is 3.78. The first-order chi connectivity index (χ1) is 7.86. The highest BCUT2D eigenvalue weighted by Gasteiger charge is 1.96. The monoisotopic (exact) mass is 214 g/mol. The number of aromatic amines is 1. The Bertz CT molecular complexity index is 418. The summed E-state index contributed by atoms with van der Waals surface area (Å²) in [4.78, 5) is 3.18. The van der Waals surface area contributed by atoms with E-state index in [2.05, 4.69) is 47.6 Å². The smallest absolute Gasteiger partial charge is 0.0357 e. The molecule has 0 saturated heterocycles. The zero-order valence-electron chi connectivity index (χ0n) is 9.66. The maximum absolute atomic E-state index is 3.43. The van der Waals surface area contributed by atoms with Crippen LogP contribution >= 0.6 is 0 Å². The summed E-state index contributed by atoms with van der Waals surface area (Å²) in [7, 11) is 0. The summed E-state index contributed by atoms with van der Waals surface area (Å²) in [5, 5.41) is 3.43. The van der Waals surface area contributed by atoms with Crippen molar-refractivity contribution in [3.8, 4) is 0 Å². The van der Waals surface area contributed by atoms with Crippen LogP contribution in [-0.2, 0) is 13.0 Å². The van der Waals surface area contributed by atoms with Gasteiger partial charge in [-0.25, -0.2) is 0 Å². The molecule has 84 valence electrons. The van der Waals surface area contributed by atoms with E-state index in [9.17, 15) is 0 Å². The van der Waals surface area contributed by atoms with Crippen molar-refractivity contribution in [2.24, 2.45) is 0 Å². The quantitative estimate of drug-likeness (QED) is 0.736. The SMILES string of the molecule is Cc1ccccc1CCNCc1ccc[nH]1. The molecular weight excluding hydrogens is 196 g/mol. The molecule has 0 spiro atoms. The molecular formula is C14H18N2. The molecule has 0 amide bonds. The molecule has 0 radical (unpaired) electrons. The summed E-state index contributed by atoms with van der Waals surface area (Å²) in [6, 6.07) is 12.7. The van der Waals surface area contributed by atoms with Crippen molar-refractivity contribution >= 4 is 0 Å². The van der Waals surface area contributed by atoms with Crippen molar-refractivity contribution in [2.45, 2.75) is 19.9 Å². The molecule has 2 aromatic rings. The van der Waals surface area contributed by atoms with Crippen LogP contribution in [0.3, 0.4) is 0 Å². The second-order valence-corrected chi connectivity index (χ2v) is 4.05. The highest BCUT2D eigenvalue weighted by atomic mass is 14.9. The molecule has 0 saturated carbocycles. The maximum atomic E-state index is 3.43. The van der Waals surface area contributed by atoms with E-state index in [1.54, 1.807) is 0 Å². The van der Waals surface area contributed by atoms with E-state index in [1.807, 2.05) is 12.3 Å². The van der Waals surface area contributed by atoms with Gasteiger partial charge in [0.15, 0.2) is 0 Å². The third-order valence-corrected chi connectivity index (χ3v) is 2.81. The Labute approximate surface area is 96.7 Å². The molecule has 0 atom stereocenters. The van der Waals surface area contributed by atoms with Crippen molar-refractivity contribution < 1.29 is 0 Å². The average Bonchev–Trinajstić information content (AvgIpc) is 2.79. The van der Waals surface area contributed by atoms with Crippen LogP contribution < -0.4 is 5.32 Å². The minimum atomic E-state index is 0.916. The third-order valence-electron chi connectivity index (χ3n) is 2.81. The normalized spacial score (nSPS) is 10.6.